The monoisotopic (exact) mass is 524 g/mol. The average Bonchev–Trinajstić information content (AvgIpc) is 3.67. The van der Waals surface area contributed by atoms with Crippen LogP contribution in [0.2, 0.25) is 0 Å². The number of rotatable bonds is 6. The van der Waals surface area contributed by atoms with Crippen molar-refractivity contribution in [2.45, 2.75) is 80.3 Å². The fourth-order valence-corrected chi connectivity index (χ4v) is 6.48. The molecule has 4 heterocycles. The molecule has 0 spiro atoms. The Bertz CT molecular complexity index is 1340. The largest absolute Gasteiger partial charge is 0.507 e. The lowest BCUT2D eigenvalue weighted by molar-refractivity contribution is 0.0828. The second-order valence-electron chi connectivity index (χ2n) is 11.0. The number of phenols is 1. The predicted octanol–water partition coefficient (Wildman–Crippen LogP) is 5.15. The molecule has 1 aromatic carbocycles. The molecule has 2 bridgehead atoms. The zero-order valence-corrected chi connectivity index (χ0v) is 21.9. The first-order valence-corrected chi connectivity index (χ1v) is 13.9. The molecule has 6 rings (SSSR count). The first-order chi connectivity index (χ1) is 17.7. The van der Waals surface area contributed by atoms with Gasteiger partial charge in [0.1, 0.15) is 17.6 Å². The molecule has 0 radical (unpaired) electrons. The number of fused-ring (bicyclic) bond motifs is 2. The number of piperidine rings is 1. The molecule has 2 N–H and O–H groups in total. The number of nitrogens with one attached hydrogen (secondary N) is 1. The Morgan fingerprint density at radius 3 is 2.59 bits per heavy atom. The van der Waals surface area contributed by atoms with Crippen LogP contribution in [0.3, 0.4) is 0 Å². The molecule has 10 heteroatoms. The second kappa shape index (κ2) is 8.87. The van der Waals surface area contributed by atoms with Gasteiger partial charge in [-0.15, -0.1) is 22.0 Å². The Balaban J connectivity index is 1.28. The molecular formula is C27H30F2N6OS. The van der Waals surface area contributed by atoms with Crippen LogP contribution in [0.1, 0.15) is 46.0 Å². The van der Waals surface area contributed by atoms with Gasteiger partial charge in [-0.1, -0.05) is 6.07 Å². The quantitative estimate of drug-likeness (QED) is 0.338. The molecule has 2 saturated heterocycles. The summed E-state index contributed by atoms with van der Waals surface area (Å²) in [4.78, 5) is 10.5. The summed E-state index contributed by atoms with van der Waals surface area (Å²) < 4.78 is 29.7. The van der Waals surface area contributed by atoms with Crippen molar-refractivity contribution in [3.8, 4) is 28.1 Å². The summed E-state index contributed by atoms with van der Waals surface area (Å²) >= 11 is 1.35. The molecule has 1 aliphatic carbocycles. The molecular weight excluding hydrogens is 494 g/mol. The lowest BCUT2D eigenvalue weighted by atomic mass is 9.82. The maximum absolute atomic E-state index is 15.8. The van der Waals surface area contributed by atoms with Crippen molar-refractivity contribution in [2.24, 2.45) is 0 Å². The van der Waals surface area contributed by atoms with Crippen LogP contribution in [0, 0.1) is 5.95 Å². The van der Waals surface area contributed by atoms with Gasteiger partial charge in [-0.25, -0.2) is 14.4 Å². The van der Waals surface area contributed by atoms with Crippen LogP contribution >= 0.6 is 11.8 Å². The number of benzene rings is 1. The summed E-state index contributed by atoms with van der Waals surface area (Å²) in [5.41, 5.74) is 1.53. The van der Waals surface area contributed by atoms with Crippen molar-refractivity contribution < 1.29 is 13.9 Å². The molecule has 2 aliphatic heterocycles. The maximum Gasteiger partial charge on any atom is 0.245 e. The zero-order chi connectivity index (χ0) is 25.9. The summed E-state index contributed by atoms with van der Waals surface area (Å²) in [7, 11) is 0. The number of pyridine rings is 1. The van der Waals surface area contributed by atoms with Gasteiger partial charge in [0.25, 0.3) is 0 Å². The van der Waals surface area contributed by atoms with E-state index in [0.717, 1.165) is 25.7 Å². The Kier molecular flexibility index (Phi) is 5.87. The number of halogens is 2. The van der Waals surface area contributed by atoms with E-state index in [0.29, 0.717) is 39.8 Å². The molecule has 3 fully saturated rings. The Hall–Kier alpha value is -2.85. The SMILES string of the molecule is CSc1cc(-c2ccc(-c3cnc(N(C4CC4)[C@H]4C[C@]5(C)CC[C@@](C)(N5)[C@H]4F)nn3)c(O)c2)cc(F)n1. The molecule has 4 atom stereocenters. The van der Waals surface area contributed by atoms with E-state index in [9.17, 15) is 9.50 Å². The topological polar surface area (TPSA) is 87.1 Å². The summed E-state index contributed by atoms with van der Waals surface area (Å²) in [6.45, 7) is 4.16. The number of phenolic OH excluding ortho intramolecular Hbond substituents is 1. The first kappa shape index (κ1) is 24.5. The molecule has 37 heavy (non-hydrogen) atoms. The number of nitrogens with zero attached hydrogens (tertiary/aromatic N) is 5. The standard InChI is InChI=1S/C27H30F2N6OS/c1-26-8-9-27(2,34-26)24(29)20(13-26)35(17-5-6-17)25-30-14-19(32-33-25)18-7-4-15(10-21(18)36)16-11-22(28)31-23(12-16)37-3/h4,7,10-12,14,17,20,24,34,36H,5-6,8-9,13H2,1-3H3/t20-,24-,26-,27+/m0/s1. The number of aromatic hydroxyl groups is 1. The molecule has 2 aromatic heterocycles. The van der Waals surface area contributed by atoms with Gasteiger partial charge in [0, 0.05) is 28.7 Å². The van der Waals surface area contributed by atoms with E-state index in [1.54, 1.807) is 30.5 Å². The van der Waals surface area contributed by atoms with Gasteiger partial charge in [0.2, 0.25) is 11.9 Å². The van der Waals surface area contributed by atoms with Gasteiger partial charge >= 0.3 is 0 Å². The molecule has 0 amide bonds. The second-order valence-corrected chi connectivity index (χ2v) is 11.8. The van der Waals surface area contributed by atoms with E-state index in [1.165, 1.54) is 17.8 Å². The number of hydrogen-bond acceptors (Lipinski definition) is 8. The highest BCUT2D eigenvalue weighted by Gasteiger charge is 2.58. The first-order valence-electron chi connectivity index (χ1n) is 12.6. The van der Waals surface area contributed by atoms with Crippen molar-refractivity contribution in [2.75, 3.05) is 11.2 Å². The number of anilines is 1. The van der Waals surface area contributed by atoms with Crippen molar-refractivity contribution in [1.82, 2.24) is 25.5 Å². The number of alkyl halides is 1. The van der Waals surface area contributed by atoms with E-state index in [1.807, 2.05) is 18.1 Å². The van der Waals surface area contributed by atoms with Gasteiger partial charge < -0.3 is 15.3 Å². The molecule has 1 saturated carbocycles. The van der Waals surface area contributed by atoms with E-state index in [4.69, 9.17) is 0 Å². The minimum Gasteiger partial charge on any atom is -0.507 e. The van der Waals surface area contributed by atoms with E-state index < -0.39 is 17.7 Å². The summed E-state index contributed by atoms with van der Waals surface area (Å²) in [6.07, 6.45) is 6.83. The third-order valence-electron chi connectivity index (χ3n) is 8.05. The van der Waals surface area contributed by atoms with Gasteiger partial charge in [0.05, 0.1) is 17.3 Å². The minimum atomic E-state index is -1.03. The number of hydrogen-bond donors (Lipinski definition) is 2. The van der Waals surface area contributed by atoms with E-state index in [2.05, 4.69) is 32.4 Å². The lowest BCUT2D eigenvalue weighted by Gasteiger charge is -2.48. The van der Waals surface area contributed by atoms with Gasteiger partial charge in [0.15, 0.2) is 0 Å². The lowest BCUT2D eigenvalue weighted by Crippen LogP contribution is -2.66. The molecule has 3 aliphatic rings. The smallest absolute Gasteiger partial charge is 0.245 e. The van der Waals surface area contributed by atoms with E-state index in [-0.39, 0.29) is 23.4 Å². The molecule has 7 nitrogen and oxygen atoms in total. The van der Waals surface area contributed by atoms with Crippen LogP contribution < -0.4 is 10.2 Å². The summed E-state index contributed by atoms with van der Waals surface area (Å²) in [5, 5.41) is 23.6. The average molecular weight is 525 g/mol. The Morgan fingerprint density at radius 2 is 1.92 bits per heavy atom. The Labute approximate surface area is 219 Å². The van der Waals surface area contributed by atoms with Gasteiger partial charge in [-0.3, -0.25) is 0 Å². The number of thioether (sulfide) groups is 1. The minimum absolute atomic E-state index is 0.0112. The maximum atomic E-state index is 15.8. The Morgan fingerprint density at radius 1 is 1.11 bits per heavy atom. The van der Waals surface area contributed by atoms with Crippen LogP contribution in [-0.4, -0.2) is 60.9 Å². The highest BCUT2D eigenvalue weighted by Crippen LogP contribution is 2.47. The summed E-state index contributed by atoms with van der Waals surface area (Å²) in [5.74, 6) is -0.153. The van der Waals surface area contributed by atoms with Crippen LogP contribution in [0.5, 0.6) is 5.75 Å². The normalized spacial score (nSPS) is 28.9. The molecule has 3 aromatic rings. The van der Waals surface area contributed by atoms with Crippen molar-refractivity contribution >= 4 is 17.7 Å². The molecule has 0 unspecified atom stereocenters. The van der Waals surface area contributed by atoms with Crippen LogP contribution in [0.4, 0.5) is 14.7 Å². The highest BCUT2D eigenvalue weighted by atomic mass is 32.2. The predicted molar refractivity (Wildman–Crippen MR) is 140 cm³/mol. The van der Waals surface area contributed by atoms with E-state index >= 15 is 4.39 Å². The van der Waals surface area contributed by atoms with Gasteiger partial charge in [-0.05, 0) is 81.5 Å². The fraction of sp³-hybridized carbons (Fsp3) is 0.481. The molecule has 194 valence electrons. The fourth-order valence-electron chi connectivity index (χ4n) is 6.06. The van der Waals surface area contributed by atoms with Crippen molar-refractivity contribution in [3.63, 3.8) is 0 Å². The third kappa shape index (κ3) is 4.44. The van der Waals surface area contributed by atoms with Crippen molar-refractivity contribution in [3.05, 3.63) is 42.5 Å². The summed E-state index contributed by atoms with van der Waals surface area (Å²) in [6, 6.07) is 8.11. The van der Waals surface area contributed by atoms with Crippen LogP contribution in [0.25, 0.3) is 22.4 Å². The highest BCUT2D eigenvalue weighted by molar-refractivity contribution is 7.98. The number of aromatic nitrogens is 4. The zero-order valence-electron chi connectivity index (χ0n) is 21.1. The van der Waals surface area contributed by atoms with Crippen LogP contribution in [-0.2, 0) is 0 Å². The van der Waals surface area contributed by atoms with Crippen molar-refractivity contribution in [1.29, 1.82) is 0 Å². The van der Waals surface area contributed by atoms with Gasteiger partial charge in [-0.2, -0.15) is 4.39 Å². The van der Waals surface area contributed by atoms with Crippen LogP contribution in [0.15, 0.2) is 41.6 Å². The third-order valence-corrected chi connectivity index (χ3v) is 8.68.